The number of carbonyl (C=O) groups is 1. The maximum Gasteiger partial charge on any atom is 0.335 e. The topological polar surface area (TPSA) is 88.7 Å². The molecular formula is C18H17N3O4. The second-order valence-corrected chi connectivity index (χ2v) is 5.48. The van der Waals surface area contributed by atoms with Crippen LogP contribution in [0.15, 0.2) is 52.9 Å². The van der Waals surface area contributed by atoms with E-state index in [1.165, 1.54) is 0 Å². The minimum atomic E-state index is -0.944. The van der Waals surface area contributed by atoms with Crippen molar-refractivity contribution >= 4 is 12.0 Å². The quantitative estimate of drug-likeness (QED) is 0.738. The number of anilines is 1. The monoisotopic (exact) mass is 339 g/mol. The minimum absolute atomic E-state index is 0.256. The Morgan fingerprint density at radius 1 is 1.12 bits per heavy atom. The molecule has 3 rings (SSSR count). The van der Waals surface area contributed by atoms with E-state index in [2.05, 4.69) is 10.2 Å². The molecule has 0 bridgehead atoms. The lowest BCUT2D eigenvalue weighted by Gasteiger charge is -2.13. The van der Waals surface area contributed by atoms with Crippen molar-refractivity contribution in [3.05, 3.63) is 59.7 Å². The molecule has 1 N–H and O–H groups in total. The maximum absolute atomic E-state index is 10.9. The standard InChI is InChI=1S/C18H17N3O4/c1-21(11-12-3-5-14(6-4-12)17(22)23)18-20-19-16(25-18)13-7-9-15(24-2)10-8-13/h3-10H,11H2,1-2H3,(H,22,23). The van der Waals surface area contributed by atoms with Gasteiger partial charge in [0.15, 0.2) is 0 Å². The molecule has 0 saturated heterocycles. The summed E-state index contributed by atoms with van der Waals surface area (Å²) in [6.45, 7) is 0.518. The number of aromatic carboxylic acids is 1. The molecule has 25 heavy (non-hydrogen) atoms. The Hall–Kier alpha value is -3.35. The van der Waals surface area contributed by atoms with Crippen molar-refractivity contribution in [2.24, 2.45) is 0 Å². The lowest BCUT2D eigenvalue weighted by Crippen LogP contribution is -2.16. The molecule has 128 valence electrons. The second-order valence-electron chi connectivity index (χ2n) is 5.48. The number of hydrogen-bond donors (Lipinski definition) is 1. The summed E-state index contributed by atoms with van der Waals surface area (Å²) in [6, 6.07) is 14.4. The molecule has 0 fully saturated rings. The lowest BCUT2D eigenvalue weighted by molar-refractivity contribution is 0.0697. The summed E-state index contributed by atoms with van der Waals surface area (Å²) in [5.74, 6) is 0.233. The molecule has 7 nitrogen and oxygen atoms in total. The van der Waals surface area contributed by atoms with E-state index in [0.29, 0.717) is 18.5 Å². The highest BCUT2D eigenvalue weighted by Crippen LogP contribution is 2.24. The molecule has 7 heteroatoms. The molecule has 1 aromatic heterocycles. The molecule has 0 aliphatic carbocycles. The van der Waals surface area contributed by atoms with Crippen LogP contribution in [-0.4, -0.2) is 35.4 Å². The maximum atomic E-state index is 10.9. The zero-order valence-corrected chi connectivity index (χ0v) is 13.8. The van der Waals surface area contributed by atoms with Gasteiger partial charge in [-0.15, -0.1) is 5.10 Å². The van der Waals surface area contributed by atoms with Gasteiger partial charge in [-0.1, -0.05) is 17.2 Å². The Bertz CT molecular complexity index is 857. The molecule has 0 atom stereocenters. The van der Waals surface area contributed by atoms with Crippen LogP contribution in [0.4, 0.5) is 6.01 Å². The third kappa shape index (κ3) is 3.77. The van der Waals surface area contributed by atoms with Crippen LogP contribution >= 0.6 is 0 Å². The number of rotatable bonds is 6. The van der Waals surface area contributed by atoms with Gasteiger partial charge < -0.3 is 19.2 Å². The number of hydrogen-bond acceptors (Lipinski definition) is 6. The van der Waals surface area contributed by atoms with Crippen LogP contribution in [0.3, 0.4) is 0 Å². The minimum Gasteiger partial charge on any atom is -0.497 e. The highest BCUT2D eigenvalue weighted by molar-refractivity contribution is 5.87. The van der Waals surface area contributed by atoms with Crippen molar-refractivity contribution in [2.75, 3.05) is 19.1 Å². The summed E-state index contributed by atoms with van der Waals surface area (Å²) >= 11 is 0. The van der Waals surface area contributed by atoms with Crippen molar-refractivity contribution < 1.29 is 19.1 Å². The number of carboxylic acids is 1. The first-order valence-corrected chi connectivity index (χ1v) is 7.58. The van der Waals surface area contributed by atoms with Crippen LogP contribution in [-0.2, 0) is 6.54 Å². The predicted octanol–water partition coefficient (Wildman–Crippen LogP) is 3.08. The summed E-state index contributed by atoms with van der Waals surface area (Å²) in [4.78, 5) is 12.7. The van der Waals surface area contributed by atoms with Crippen molar-refractivity contribution in [1.82, 2.24) is 10.2 Å². The summed E-state index contributed by atoms with van der Waals surface area (Å²) in [5, 5.41) is 17.1. The van der Waals surface area contributed by atoms with Gasteiger partial charge >= 0.3 is 12.0 Å². The number of benzene rings is 2. The lowest BCUT2D eigenvalue weighted by atomic mass is 10.1. The van der Waals surface area contributed by atoms with E-state index in [1.54, 1.807) is 36.3 Å². The van der Waals surface area contributed by atoms with E-state index < -0.39 is 5.97 Å². The first-order valence-electron chi connectivity index (χ1n) is 7.58. The van der Waals surface area contributed by atoms with Gasteiger partial charge in [-0.2, -0.15) is 0 Å². The van der Waals surface area contributed by atoms with Gasteiger partial charge in [-0.05, 0) is 42.0 Å². The molecule has 0 amide bonds. The van der Waals surface area contributed by atoms with Crippen LogP contribution in [0.2, 0.25) is 0 Å². The van der Waals surface area contributed by atoms with Crippen LogP contribution in [0, 0.1) is 0 Å². The highest BCUT2D eigenvalue weighted by atomic mass is 16.5. The second kappa shape index (κ2) is 7.04. The Balaban J connectivity index is 1.71. The van der Waals surface area contributed by atoms with Gasteiger partial charge in [0.25, 0.3) is 0 Å². The van der Waals surface area contributed by atoms with E-state index in [-0.39, 0.29) is 5.56 Å². The molecule has 3 aromatic rings. The molecule has 0 aliphatic rings. The molecule has 0 saturated carbocycles. The SMILES string of the molecule is COc1ccc(-c2nnc(N(C)Cc3ccc(C(=O)O)cc3)o2)cc1. The van der Waals surface area contributed by atoms with Crippen LogP contribution in [0.5, 0.6) is 5.75 Å². The normalized spacial score (nSPS) is 10.5. The predicted molar refractivity (Wildman–Crippen MR) is 91.8 cm³/mol. The van der Waals surface area contributed by atoms with Gasteiger partial charge in [0.2, 0.25) is 5.89 Å². The average molecular weight is 339 g/mol. The summed E-state index contributed by atoms with van der Waals surface area (Å²) in [7, 11) is 3.44. The third-order valence-electron chi connectivity index (χ3n) is 3.70. The largest absolute Gasteiger partial charge is 0.497 e. The van der Waals surface area contributed by atoms with Gasteiger partial charge in [-0.3, -0.25) is 0 Å². The van der Waals surface area contributed by atoms with Gasteiger partial charge in [0, 0.05) is 19.2 Å². The fraction of sp³-hybridized carbons (Fsp3) is 0.167. The zero-order valence-electron chi connectivity index (χ0n) is 13.8. The van der Waals surface area contributed by atoms with E-state index in [1.807, 2.05) is 31.3 Å². The molecule has 2 aromatic carbocycles. The fourth-order valence-electron chi connectivity index (χ4n) is 2.31. The van der Waals surface area contributed by atoms with Crippen molar-refractivity contribution in [3.63, 3.8) is 0 Å². The molecule has 0 radical (unpaired) electrons. The molecule has 0 unspecified atom stereocenters. The van der Waals surface area contributed by atoms with Crippen molar-refractivity contribution in [2.45, 2.75) is 6.54 Å². The number of ether oxygens (including phenoxy) is 1. The number of aromatic nitrogens is 2. The fourth-order valence-corrected chi connectivity index (χ4v) is 2.31. The first-order chi connectivity index (χ1) is 12.1. The summed E-state index contributed by atoms with van der Waals surface area (Å²) in [5.41, 5.74) is 2.00. The van der Waals surface area contributed by atoms with Crippen LogP contribution < -0.4 is 9.64 Å². The smallest absolute Gasteiger partial charge is 0.335 e. The number of carboxylic acid groups (broad SMARTS) is 1. The Morgan fingerprint density at radius 3 is 2.40 bits per heavy atom. The zero-order chi connectivity index (χ0) is 17.8. The molecule has 1 heterocycles. The Morgan fingerprint density at radius 2 is 1.80 bits per heavy atom. The Labute approximate surface area is 144 Å². The molecule has 0 aliphatic heterocycles. The van der Waals surface area contributed by atoms with E-state index >= 15 is 0 Å². The van der Waals surface area contributed by atoms with Crippen LogP contribution in [0.1, 0.15) is 15.9 Å². The van der Waals surface area contributed by atoms with E-state index in [0.717, 1.165) is 16.9 Å². The highest BCUT2D eigenvalue weighted by Gasteiger charge is 2.13. The molecule has 0 spiro atoms. The Kier molecular flexibility index (Phi) is 4.65. The van der Waals surface area contributed by atoms with E-state index in [4.69, 9.17) is 14.3 Å². The van der Waals surface area contributed by atoms with Crippen molar-refractivity contribution in [3.8, 4) is 17.2 Å². The number of nitrogens with zero attached hydrogens (tertiary/aromatic N) is 3. The van der Waals surface area contributed by atoms with E-state index in [9.17, 15) is 4.79 Å². The van der Waals surface area contributed by atoms with Gasteiger partial charge in [0.1, 0.15) is 5.75 Å². The average Bonchev–Trinajstić information content (AvgIpc) is 3.12. The van der Waals surface area contributed by atoms with Crippen LogP contribution in [0.25, 0.3) is 11.5 Å². The third-order valence-corrected chi connectivity index (χ3v) is 3.70. The van der Waals surface area contributed by atoms with Crippen molar-refractivity contribution in [1.29, 1.82) is 0 Å². The molecular weight excluding hydrogens is 322 g/mol. The van der Waals surface area contributed by atoms with Gasteiger partial charge in [0.05, 0.1) is 12.7 Å². The van der Waals surface area contributed by atoms with Gasteiger partial charge in [-0.25, -0.2) is 4.79 Å². The summed E-state index contributed by atoms with van der Waals surface area (Å²) in [6.07, 6.45) is 0. The first kappa shape index (κ1) is 16.5. The number of methoxy groups -OCH3 is 1. The summed E-state index contributed by atoms with van der Waals surface area (Å²) < 4.78 is 10.8.